The first kappa shape index (κ1) is 34.0. The summed E-state index contributed by atoms with van der Waals surface area (Å²) in [5.41, 5.74) is 11.4. The van der Waals surface area contributed by atoms with Gasteiger partial charge in [0.05, 0.1) is 16.7 Å². The molecule has 0 unspecified atom stereocenters. The fourth-order valence-electron chi connectivity index (χ4n) is 8.34. The monoisotopic (exact) mass is 761 g/mol. The molecule has 0 aliphatic carbocycles. The van der Waals surface area contributed by atoms with E-state index < -0.39 is 0 Å². The molecule has 0 fully saturated rings. The number of nitrogens with zero attached hydrogens (tertiary/aromatic N) is 3. The molecular formula is C53H35N3OS. The molecule has 0 amide bonds. The molecule has 8 aromatic carbocycles. The first-order chi connectivity index (χ1) is 28.7. The Morgan fingerprint density at radius 3 is 1.98 bits per heavy atom. The van der Waals surface area contributed by atoms with Crippen LogP contribution in [0.1, 0.15) is 23.6 Å². The third-order valence-corrected chi connectivity index (χ3v) is 12.2. The Morgan fingerprint density at radius 2 is 1.17 bits per heavy atom. The van der Waals surface area contributed by atoms with Crippen molar-refractivity contribution >= 4 is 93.0 Å². The summed E-state index contributed by atoms with van der Waals surface area (Å²) in [4.78, 5) is 10.4. The first-order valence-corrected chi connectivity index (χ1v) is 20.3. The highest BCUT2D eigenvalue weighted by Crippen LogP contribution is 2.41. The van der Waals surface area contributed by atoms with E-state index in [0.717, 1.165) is 66.6 Å². The Bertz CT molecular complexity index is 3460. The standard InChI is InChI=1S/C53H35N3OS/c1-2-45(34-15-5-3-6-16-34)55-53(35-17-7-4-8-18-35)54-33-38-29-39(32-51-52(38)42-21-11-14-24-50(42)58-51)56-46-22-12-9-19-40(46)43-30-36(25-27-47(43)56)37-26-28-49-44(31-37)41-20-10-13-23-48(41)57-49/h2-33H,1H3/b45-2+,54-33?,55-53?. The van der Waals surface area contributed by atoms with Gasteiger partial charge < -0.3 is 8.98 Å². The second-order valence-corrected chi connectivity index (χ2v) is 15.6. The highest BCUT2D eigenvalue weighted by Gasteiger charge is 2.18. The summed E-state index contributed by atoms with van der Waals surface area (Å²) in [5.74, 6) is 0.654. The van der Waals surface area contributed by atoms with Crippen LogP contribution in [-0.4, -0.2) is 16.6 Å². The molecule has 0 radical (unpaired) electrons. The Labute approximate surface area is 339 Å². The van der Waals surface area contributed by atoms with Gasteiger partial charge in [0, 0.05) is 64.7 Å². The number of para-hydroxylation sites is 2. The quantitative estimate of drug-likeness (QED) is 0.123. The van der Waals surface area contributed by atoms with Crippen molar-refractivity contribution in [3.05, 3.63) is 205 Å². The normalized spacial score (nSPS) is 12.7. The highest BCUT2D eigenvalue weighted by atomic mass is 32.1. The maximum absolute atomic E-state index is 6.16. The van der Waals surface area contributed by atoms with Crippen molar-refractivity contribution in [3.8, 4) is 16.8 Å². The molecule has 3 heterocycles. The van der Waals surface area contributed by atoms with Crippen molar-refractivity contribution in [2.75, 3.05) is 0 Å². The van der Waals surface area contributed by atoms with E-state index in [9.17, 15) is 0 Å². The number of rotatable bonds is 6. The number of hydrogen-bond donors (Lipinski definition) is 0. The molecule has 58 heavy (non-hydrogen) atoms. The smallest absolute Gasteiger partial charge is 0.159 e. The van der Waals surface area contributed by atoms with E-state index in [1.54, 1.807) is 0 Å². The molecule has 0 aliphatic rings. The van der Waals surface area contributed by atoms with Gasteiger partial charge >= 0.3 is 0 Å². The van der Waals surface area contributed by atoms with Crippen LogP contribution < -0.4 is 0 Å². The summed E-state index contributed by atoms with van der Waals surface area (Å²) in [6.45, 7) is 2.02. The van der Waals surface area contributed by atoms with Crippen molar-refractivity contribution in [1.82, 2.24) is 4.57 Å². The summed E-state index contributed by atoms with van der Waals surface area (Å²) >= 11 is 1.82. The number of hydrogen-bond acceptors (Lipinski definition) is 3. The third-order valence-electron chi connectivity index (χ3n) is 11.1. The molecule has 0 saturated heterocycles. The van der Waals surface area contributed by atoms with Crippen LogP contribution in [0.2, 0.25) is 0 Å². The van der Waals surface area contributed by atoms with Gasteiger partial charge in [-0.3, -0.25) is 0 Å². The molecule has 0 spiro atoms. The average molecular weight is 762 g/mol. The lowest BCUT2D eigenvalue weighted by molar-refractivity contribution is 0.669. The maximum Gasteiger partial charge on any atom is 0.159 e. The van der Waals surface area contributed by atoms with E-state index in [4.69, 9.17) is 14.4 Å². The fourth-order valence-corrected chi connectivity index (χ4v) is 9.52. The molecule has 5 heteroatoms. The molecule has 3 aromatic heterocycles. The maximum atomic E-state index is 6.16. The number of aliphatic imine (C=N–C) groups is 2. The Balaban J connectivity index is 1.09. The minimum atomic E-state index is 0.654. The molecule has 0 atom stereocenters. The summed E-state index contributed by atoms with van der Waals surface area (Å²) in [6, 6.07) is 64.2. The van der Waals surface area contributed by atoms with Crippen molar-refractivity contribution in [2.45, 2.75) is 6.92 Å². The molecule has 4 nitrogen and oxygen atoms in total. The lowest BCUT2D eigenvalue weighted by Crippen LogP contribution is -2.00. The second kappa shape index (κ2) is 14.0. The fraction of sp³-hybridized carbons (Fsp3) is 0.0189. The van der Waals surface area contributed by atoms with Gasteiger partial charge in [0.2, 0.25) is 0 Å². The molecule has 11 rings (SSSR count). The number of aromatic nitrogens is 1. The first-order valence-electron chi connectivity index (χ1n) is 19.5. The van der Waals surface area contributed by atoms with Crippen LogP contribution in [-0.2, 0) is 0 Å². The third kappa shape index (κ3) is 5.75. The number of furan rings is 1. The summed E-state index contributed by atoms with van der Waals surface area (Å²) in [7, 11) is 0. The predicted molar refractivity (Wildman–Crippen MR) is 247 cm³/mol. The second-order valence-electron chi connectivity index (χ2n) is 14.5. The van der Waals surface area contributed by atoms with E-state index >= 15 is 0 Å². The van der Waals surface area contributed by atoms with Crippen LogP contribution >= 0.6 is 11.3 Å². The minimum Gasteiger partial charge on any atom is -0.456 e. The van der Waals surface area contributed by atoms with Crippen molar-refractivity contribution in [1.29, 1.82) is 0 Å². The van der Waals surface area contributed by atoms with E-state index in [-0.39, 0.29) is 0 Å². The van der Waals surface area contributed by atoms with E-state index in [0.29, 0.717) is 5.84 Å². The largest absolute Gasteiger partial charge is 0.456 e. The van der Waals surface area contributed by atoms with E-state index in [1.165, 1.54) is 36.5 Å². The summed E-state index contributed by atoms with van der Waals surface area (Å²) in [6.07, 6.45) is 4.06. The van der Waals surface area contributed by atoms with Gasteiger partial charge in [0.25, 0.3) is 0 Å². The molecule has 0 saturated carbocycles. The number of thiophene rings is 1. The molecule has 0 N–H and O–H groups in total. The van der Waals surface area contributed by atoms with Crippen LogP contribution in [0, 0.1) is 0 Å². The highest BCUT2D eigenvalue weighted by molar-refractivity contribution is 7.25. The molecule has 0 bridgehead atoms. The Morgan fingerprint density at radius 1 is 0.534 bits per heavy atom. The predicted octanol–water partition coefficient (Wildman–Crippen LogP) is 14.6. The number of benzene rings is 8. The number of amidine groups is 1. The van der Waals surface area contributed by atoms with Gasteiger partial charge in [-0.05, 0) is 78.2 Å². The number of allylic oxidation sites excluding steroid dienone is 1. The Hall–Kier alpha value is -7.34. The SMILES string of the molecule is C/C=C(/N=C(N=Cc1cc(-n2c3ccccc3c3cc(-c4ccc5oc6ccccc6c5c4)ccc32)cc2sc3ccccc3c12)c1ccccc1)c1ccccc1. The van der Waals surface area contributed by atoms with Crippen LogP contribution in [0.25, 0.3) is 86.4 Å². The van der Waals surface area contributed by atoms with Crippen molar-refractivity contribution in [3.63, 3.8) is 0 Å². The van der Waals surface area contributed by atoms with Gasteiger partial charge in [-0.2, -0.15) is 0 Å². The zero-order valence-electron chi connectivity index (χ0n) is 31.6. The van der Waals surface area contributed by atoms with Gasteiger partial charge in [-0.1, -0.05) is 133 Å². The average Bonchev–Trinajstić information content (AvgIpc) is 3.96. The minimum absolute atomic E-state index is 0.654. The van der Waals surface area contributed by atoms with Crippen LogP contribution in [0.4, 0.5) is 0 Å². The van der Waals surface area contributed by atoms with Crippen LogP contribution in [0.15, 0.2) is 202 Å². The van der Waals surface area contributed by atoms with Crippen LogP contribution in [0.5, 0.6) is 0 Å². The molecular weight excluding hydrogens is 727 g/mol. The lowest BCUT2D eigenvalue weighted by atomic mass is 10.0. The zero-order valence-corrected chi connectivity index (χ0v) is 32.4. The van der Waals surface area contributed by atoms with Gasteiger partial charge in [-0.25, -0.2) is 9.98 Å². The summed E-state index contributed by atoms with van der Waals surface area (Å²) < 4.78 is 11.0. The van der Waals surface area contributed by atoms with Gasteiger partial charge in [-0.15, -0.1) is 11.3 Å². The summed E-state index contributed by atoms with van der Waals surface area (Å²) in [5, 5.41) is 7.09. The van der Waals surface area contributed by atoms with Gasteiger partial charge in [0.15, 0.2) is 5.84 Å². The van der Waals surface area contributed by atoms with E-state index in [2.05, 4.69) is 138 Å². The lowest BCUT2D eigenvalue weighted by Gasteiger charge is -2.11. The zero-order chi connectivity index (χ0) is 38.6. The van der Waals surface area contributed by atoms with Crippen molar-refractivity contribution in [2.24, 2.45) is 9.98 Å². The van der Waals surface area contributed by atoms with Gasteiger partial charge in [0.1, 0.15) is 11.2 Å². The van der Waals surface area contributed by atoms with E-state index in [1.807, 2.05) is 79.1 Å². The molecule has 274 valence electrons. The molecule has 11 aromatic rings. The molecule has 0 aliphatic heterocycles. The topological polar surface area (TPSA) is 42.8 Å². The number of fused-ring (bicyclic) bond motifs is 9. The Kier molecular flexibility index (Phi) is 8.19. The van der Waals surface area contributed by atoms with Crippen LogP contribution in [0.3, 0.4) is 0 Å². The van der Waals surface area contributed by atoms with Crippen molar-refractivity contribution < 1.29 is 4.42 Å².